The van der Waals surface area contributed by atoms with Gasteiger partial charge < -0.3 is 4.90 Å². The van der Waals surface area contributed by atoms with Gasteiger partial charge >= 0.3 is 0 Å². The van der Waals surface area contributed by atoms with Crippen molar-refractivity contribution in [3.63, 3.8) is 0 Å². The summed E-state index contributed by atoms with van der Waals surface area (Å²) in [4.78, 5) is 2.26. The quantitative estimate of drug-likeness (QED) is 0.537. The summed E-state index contributed by atoms with van der Waals surface area (Å²) in [6, 6.07) is 0.562. The smallest absolute Gasteiger partial charge is 0.0790 e. The number of likely N-dealkylation sites (N-methyl/N-ethyl adjacent to an activating group) is 1. The number of nitrogens with zero attached hydrogens (tertiary/aromatic N) is 4. The molecule has 4 heteroatoms. The third-order valence-corrected chi connectivity index (χ3v) is 1.86. The van der Waals surface area contributed by atoms with Crippen molar-refractivity contribution in [2.24, 2.45) is 0 Å². The lowest BCUT2D eigenvalue weighted by Gasteiger charge is -2.35. The molecule has 0 spiro atoms. The van der Waals surface area contributed by atoms with Gasteiger partial charge in [-0.15, -0.1) is 5.10 Å². The monoisotopic (exact) mass is 138 g/mol. The fourth-order valence-electron chi connectivity index (χ4n) is 1.25. The van der Waals surface area contributed by atoms with Gasteiger partial charge in [-0.3, -0.25) is 0 Å². The summed E-state index contributed by atoms with van der Waals surface area (Å²) >= 11 is 0. The molecule has 0 aromatic carbocycles. The molecule has 1 aromatic rings. The lowest BCUT2D eigenvalue weighted by Crippen LogP contribution is -2.45. The summed E-state index contributed by atoms with van der Waals surface area (Å²) in [6.45, 7) is 2.20. The first-order valence-corrected chi connectivity index (χ1v) is 3.40. The van der Waals surface area contributed by atoms with Gasteiger partial charge in [-0.05, 0) is 7.05 Å². The van der Waals surface area contributed by atoms with E-state index < -0.39 is 0 Å². The molecular formula is C6H10N4. The van der Waals surface area contributed by atoms with E-state index >= 15 is 0 Å². The van der Waals surface area contributed by atoms with Crippen LogP contribution < -0.4 is 0 Å². The molecular weight excluding hydrogens is 128 g/mol. The van der Waals surface area contributed by atoms with Gasteiger partial charge in [0.1, 0.15) is 0 Å². The Morgan fingerprint density at radius 3 is 2.80 bits per heavy atom. The number of likely N-dealkylation sites (tertiary alicyclic amines) is 1. The predicted octanol–water partition coefficient (Wildman–Crippen LogP) is -0.235. The molecule has 0 amide bonds. The Balaban J connectivity index is 2.04. The highest BCUT2D eigenvalue weighted by atomic mass is 15.5. The summed E-state index contributed by atoms with van der Waals surface area (Å²) < 4.78 is 1.92. The fraction of sp³-hybridized carbons (Fsp3) is 0.667. The largest absolute Gasteiger partial charge is 0.302 e. The van der Waals surface area contributed by atoms with E-state index in [-0.39, 0.29) is 0 Å². The number of rotatable bonds is 1. The predicted molar refractivity (Wildman–Crippen MR) is 36.6 cm³/mol. The summed E-state index contributed by atoms with van der Waals surface area (Å²) in [5.41, 5.74) is 0. The molecule has 1 aromatic heterocycles. The molecule has 54 valence electrons. The second kappa shape index (κ2) is 2.05. The highest BCUT2D eigenvalue weighted by Crippen LogP contribution is 2.16. The highest BCUT2D eigenvalue weighted by molar-refractivity contribution is 4.83. The molecule has 2 heterocycles. The minimum absolute atomic E-state index is 0.562. The number of hydrogen-bond acceptors (Lipinski definition) is 3. The second-order valence-electron chi connectivity index (χ2n) is 2.76. The van der Waals surface area contributed by atoms with Gasteiger partial charge in [-0.2, -0.15) is 0 Å². The Morgan fingerprint density at radius 2 is 2.30 bits per heavy atom. The molecule has 1 aliphatic rings. The molecule has 1 aliphatic heterocycles. The van der Waals surface area contributed by atoms with Crippen molar-refractivity contribution in [1.82, 2.24) is 19.9 Å². The Kier molecular flexibility index (Phi) is 1.20. The third-order valence-electron chi connectivity index (χ3n) is 1.86. The van der Waals surface area contributed by atoms with E-state index in [1.54, 1.807) is 6.20 Å². The van der Waals surface area contributed by atoms with Crippen LogP contribution in [0, 0.1) is 0 Å². The second-order valence-corrected chi connectivity index (χ2v) is 2.76. The van der Waals surface area contributed by atoms with Crippen LogP contribution in [-0.2, 0) is 0 Å². The number of aromatic nitrogens is 3. The summed E-state index contributed by atoms with van der Waals surface area (Å²) in [7, 11) is 2.10. The molecule has 1 saturated heterocycles. The van der Waals surface area contributed by atoms with Crippen molar-refractivity contribution in [3.8, 4) is 0 Å². The van der Waals surface area contributed by atoms with E-state index in [1.807, 2.05) is 10.9 Å². The normalized spacial score (nSPS) is 20.9. The average molecular weight is 138 g/mol. The maximum atomic E-state index is 3.91. The molecule has 0 radical (unpaired) electrons. The van der Waals surface area contributed by atoms with E-state index in [9.17, 15) is 0 Å². The molecule has 0 saturated carbocycles. The molecule has 2 rings (SSSR count). The van der Waals surface area contributed by atoms with Crippen molar-refractivity contribution >= 4 is 0 Å². The zero-order chi connectivity index (χ0) is 6.97. The van der Waals surface area contributed by atoms with Crippen LogP contribution in [0.4, 0.5) is 0 Å². The fourth-order valence-corrected chi connectivity index (χ4v) is 1.25. The van der Waals surface area contributed by atoms with Gasteiger partial charge in [0.2, 0.25) is 0 Å². The van der Waals surface area contributed by atoms with Crippen molar-refractivity contribution in [2.75, 3.05) is 20.1 Å². The summed E-state index contributed by atoms with van der Waals surface area (Å²) in [5.74, 6) is 0. The topological polar surface area (TPSA) is 34.0 Å². The van der Waals surface area contributed by atoms with Gasteiger partial charge in [0.05, 0.1) is 12.2 Å². The summed E-state index contributed by atoms with van der Waals surface area (Å²) in [6.07, 6.45) is 3.63. The first kappa shape index (κ1) is 5.85. The van der Waals surface area contributed by atoms with Gasteiger partial charge in [0, 0.05) is 19.3 Å². The van der Waals surface area contributed by atoms with Gasteiger partial charge in [-0.25, -0.2) is 4.68 Å². The SMILES string of the molecule is CN1CC(n2ccnn2)C1. The van der Waals surface area contributed by atoms with Gasteiger partial charge in [0.25, 0.3) is 0 Å². The van der Waals surface area contributed by atoms with E-state index in [2.05, 4.69) is 22.3 Å². The highest BCUT2D eigenvalue weighted by Gasteiger charge is 2.24. The van der Waals surface area contributed by atoms with E-state index in [0.717, 1.165) is 13.1 Å². The molecule has 0 unspecified atom stereocenters. The molecule has 10 heavy (non-hydrogen) atoms. The van der Waals surface area contributed by atoms with Gasteiger partial charge in [0.15, 0.2) is 0 Å². The minimum Gasteiger partial charge on any atom is -0.302 e. The molecule has 0 bridgehead atoms. The van der Waals surface area contributed by atoms with Crippen LogP contribution in [0.5, 0.6) is 0 Å². The van der Waals surface area contributed by atoms with E-state index in [0.29, 0.717) is 6.04 Å². The molecule has 0 aliphatic carbocycles. The average Bonchev–Trinajstić information content (AvgIpc) is 2.31. The first-order valence-electron chi connectivity index (χ1n) is 3.40. The zero-order valence-corrected chi connectivity index (χ0v) is 5.94. The molecule has 0 atom stereocenters. The number of hydrogen-bond donors (Lipinski definition) is 0. The standard InChI is InChI=1S/C6H10N4/c1-9-4-6(5-9)10-3-2-7-8-10/h2-3,6H,4-5H2,1H3. The van der Waals surface area contributed by atoms with Crippen molar-refractivity contribution in [1.29, 1.82) is 0 Å². The van der Waals surface area contributed by atoms with Crippen LogP contribution >= 0.6 is 0 Å². The van der Waals surface area contributed by atoms with E-state index in [4.69, 9.17) is 0 Å². The van der Waals surface area contributed by atoms with Crippen LogP contribution in [0.1, 0.15) is 6.04 Å². The van der Waals surface area contributed by atoms with Crippen LogP contribution in [0.25, 0.3) is 0 Å². The zero-order valence-electron chi connectivity index (χ0n) is 5.94. The van der Waals surface area contributed by atoms with Gasteiger partial charge in [-0.1, -0.05) is 5.21 Å². The Morgan fingerprint density at radius 1 is 1.50 bits per heavy atom. The van der Waals surface area contributed by atoms with Crippen LogP contribution in [0.3, 0.4) is 0 Å². The third kappa shape index (κ3) is 0.806. The molecule has 4 nitrogen and oxygen atoms in total. The summed E-state index contributed by atoms with van der Waals surface area (Å²) in [5, 5.41) is 7.66. The Labute approximate surface area is 59.4 Å². The first-order chi connectivity index (χ1) is 4.86. The van der Waals surface area contributed by atoms with Crippen LogP contribution in [-0.4, -0.2) is 40.0 Å². The molecule has 1 fully saturated rings. The van der Waals surface area contributed by atoms with Crippen molar-refractivity contribution in [3.05, 3.63) is 12.4 Å². The maximum absolute atomic E-state index is 3.91. The lowest BCUT2D eigenvalue weighted by atomic mass is 10.1. The van der Waals surface area contributed by atoms with E-state index in [1.165, 1.54) is 0 Å². The van der Waals surface area contributed by atoms with Crippen molar-refractivity contribution in [2.45, 2.75) is 6.04 Å². The maximum Gasteiger partial charge on any atom is 0.0790 e. The Bertz CT molecular complexity index is 200. The van der Waals surface area contributed by atoms with Crippen molar-refractivity contribution < 1.29 is 0 Å². The minimum atomic E-state index is 0.562. The van der Waals surface area contributed by atoms with Crippen LogP contribution in [0.15, 0.2) is 12.4 Å². The Hall–Kier alpha value is -0.900. The lowest BCUT2D eigenvalue weighted by molar-refractivity contribution is 0.129. The van der Waals surface area contributed by atoms with Crippen LogP contribution in [0.2, 0.25) is 0 Å². The molecule has 0 N–H and O–H groups in total.